The van der Waals surface area contributed by atoms with Crippen LogP contribution >= 0.6 is 15.9 Å². The van der Waals surface area contributed by atoms with Gasteiger partial charge in [-0.1, -0.05) is 28.1 Å². The third-order valence-electron chi connectivity index (χ3n) is 2.92. The molecule has 0 aliphatic heterocycles. The lowest BCUT2D eigenvalue weighted by atomic mass is 9.83. The minimum atomic E-state index is -1.32. The predicted molar refractivity (Wildman–Crippen MR) is 79.2 cm³/mol. The molecule has 1 aromatic carbocycles. The summed E-state index contributed by atoms with van der Waals surface area (Å²) in [6, 6.07) is 7.46. The number of ether oxygens (including phenoxy) is 2. The lowest BCUT2D eigenvalue weighted by Gasteiger charge is -2.25. The van der Waals surface area contributed by atoms with Crippen LogP contribution in [0, 0.1) is 5.41 Å². The molecule has 0 fully saturated rings. The molecule has 0 N–H and O–H groups in total. The summed E-state index contributed by atoms with van der Waals surface area (Å²) >= 11 is 3.35. The van der Waals surface area contributed by atoms with E-state index in [4.69, 9.17) is 9.47 Å². The molecule has 0 saturated heterocycles. The summed E-state index contributed by atoms with van der Waals surface area (Å²) in [5, 5.41) is 0. The van der Waals surface area contributed by atoms with Gasteiger partial charge >= 0.3 is 11.9 Å². The second-order valence-corrected chi connectivity index (χ2v) is 5.49. The number of benzene rings is 1. The molecule has 0 heterocycles. The lowest BCUT2D eigenvalue weighted by Crippen LogP contribution is -2.41. The van der Waals surface area contributed by atoms with Crippen LogP contribution < -0.4 is 0 Å². The van der Waals surface area contributed by atoms with Gasteiger partial charge in [-0.15, -0.1) is 0 Å². The van der Waals surface area contributed by atoms with Gasteiger partial charge in [-0.3, -0.25) is 9.59 Å². The molecule has 0 aliphatic rings. The standard InChI is InChI=1S/C15H19BrO4/c1-4-19-13(17)15(3,14(18)20-5-2)10-11-6-8-12(16)9-7-11/h6-9H,4-5,10H2,1-3H3. The van der Waals surface area contributed by atoms with E-state index in [9.17, 15) is 9.59 Å². The second-order valence-electron chi connectivity index (χ2n) is 4.58. The molecule has 0 atom stereocenters. The fraction of sp³-hybridized carbons (Fsp3) is 0.467. The van der Waals surface area contributed by atoms with Crippen molar-refractivity contribution in [1.29, 1.82) is 0 Å². The summed E-state index contributed by atoms with van der Waals surface area (Å²) in [4.78, 5) is 24.2. The molecule has 0 unspecified atom stereocenters. The first-order valence-corrected chi connectivity index (χ1v) is 7.32. The largest absolute Gasteiger partial charge is 0.465 e. The van der Waals surface area contributed by atoms with Crippen LogP contribution in [0.1, 0.15) is 26.3 Å². The number of rotatable bonds is 6. The minimum absolute atomic E-state index is 0.230. The van der Waals surface area contributed by atoms with Gasteiger partial charge < -0.3 is 9.47 Å². The van der Waals surface area contributed by atoms with E-state index >= 15 is 0 Å². The normalized spacial score (nSPS) is 11.0. The van der Waals surface area contributed by atoms with Crippen molar-refractivity contribution in [2.75, 3.05) is 13.2 Å². The molecule has 0 saturated carbocycles. The van der Waals surface area contributed by atoms with Gasteiger partial charge in [0.2, 0.25) is 0 Å². The average molecular weight is 343 g/mol. The van der Waals surface area contributed by atoms with Crippen molar-refractivity contribution in [2.45, 2.75) is 27.2 Å². The van der Waals surface area contributed by atoms with E-state index in [0.29, 0.717) is 0 Å². The van der Waals surface area contributed by atoms with Crippen molar-refractivity contribution in [2.24, 2.45) is 5.41 Å². The maximum absolute atomic E-state index is 12.1. The first-order valence-electron chi connectivity index (χ1n) is 6.53. The van der Waals surface area contributed by atoms with Crippen LogP contribution in [-0.4, -0.2) is 25.2 Å². The van der Waals surface area contributed by atoms with E-state index < -0.39 is 17.4 Å². The van der Waals surface area contributed by atoms with E-state index in [1.165, 1.54) is 0 Å². The second kappa shape index (κ2) is 7.43. The molecule has 1 rings (SSSR count). The van der Waals surface area contributed by atoms with Crippen molar-refractivity contribution >= 4 is 27.9 Å². The van der Waals surface area contributed by atoms with Crippen LogP contribution in [0.2, 0.25) is 0 Å². The Morgan fingerprint density at radius 3 is 1.90 bits per heavy atom. The highest BCUT2D eigenvalue weighted by Crippen LogP contribution is 2.27. The molecule has 0 bridgehead atoms. The van der Waals surface area contributed by atoms with E-state index in [2.05, 4.69) is 15.9 Å². The molecule has 20 heavy (non-hydrogen) atoms. The van der Waals surface area contributed by atoms with Gasteiger partial charge in [0.25, 0.3) is 0 Å². The summed E-state index contributed by atoms with van der Waals surface area (Å²) < 4.78 is 11.0. The number of hydrogen-bond donors (Lipinski definition) is 0. The SMILES string of the molecule is CCOC(=O)C(C)(Cc1ccc(Br)cc1)C(=O)OCC. The molecular weight excluding hydrogens is 324 g/mol. The zero-order valence-electron chi connectivity index (χ0n) is 11.9. The quantitative estimate of drug-likeness (QED) is 0.588. The summed E-state index contributed by atoms with van der Waals surface area (Å²) in [7, 11) is 0. The van der Waals surface area contributed by atoms with Gasteiger partial charge in [0, 0.05) is 4.47 Å². The Kier molecular flexibility index (Phi) is 6.20. The van der Waals surface area contributed by atoms with Crippen molar-refractivity contribution in [3.8, 4) is 0 Å². The van der Waals surface area contributed by atoms with Crippen molar-refractivity contribution in [3.63, 3.8) is 0 Å². The monoisotopic (exact) mass is 342 g/mol. The third-order valence-corrected chi connectivity index (χ3v) is 3.45. The number of carbonyl (C=O) groups excluding carboxylic acids is 2. The number of halogens is 1. The summed E-state index contributed by atoms with van der Waals surface area (Å²) in [5.74, 6) is -1.11. The highest BCUT2D eigenvalue weighted by atomic mass is 79.9. The molecule has 5 heteroatoms. The molecule has 0 amide bonds. The molecule has 0 aliphatic carbocycles. The van der Waals surface area contributed by atoms with Crippen molar-refractivity contribution in [1.82, 2.24) is 0 Å². The fourth-order valence-corrected chi connectivity index (χ4v) is 2.08. The Hall–Kier alpha value is -1.36. The van der Waals surface area contributed by atoms with Gasteiger partial charge in [-0.25, -0.2) is 0 Å². The van der Waals surface area contributed by atoms with Crippen LogP contribution in [-0.2, 0) is 25.5 Å². The molecule has 110 valence electrons. The average Bonchev–Trinajstić information content (AvgIpc) is 2.41. The Bertz CT molecular complexity index is 449. The molecule has 1 aromatic rings. The fourth-order valence-electron chi connectivity index (χ4n) is 1.82. The van der Waals surface area contributed by atoms with Gasteiger partial charge in [-0.2, -0.15) is 0 Å². The zero-order chi connectivity index (χ0) is 15.2. The number of carbonyl (C=O) groups is 2. The first-order chi connectivity index (χ1) is 9.43. The molecule has 4 nitrogen and oxygen atoms in total. The zero-order valence-corrected chi connectivity index (χ0v) is 13.5. The smallest absolute Gasteiger partial charge is 0.323 e. The number of hydrogen-bond acceptors (Lipinski definition) is 4. The maximum Gasteiger partial charge on any atom is 0.323 e. The predicted octanol–water partition coefficient (Wildman–Crippen LogP) is 3.12. The Labute approximate surface area is 127 Å². The molecule has 0 aromatic heterocycles. The van der Waals surface area contributed by atoms with Gasteiger partial charge in [0.15, 0.2) is 5.41 Å². The van der Waals surface area contributed by atoms with Crippen LogP contribution in [0.4, 0.5) is 0 Å². The van der Waals surface area contributed by atoms with Crippen LogP contribution in [0.25, 0.3) is 0 Å². The molecular formula is C15H19BrO4. The summed E-state index contributed by atoms with van der Waals surface area (Å²) in [5.41, 5.74) is -0.448. The highest BCUT2D eigenvalue weighted by molar-refractivity contribution is 9.10. The topological polar surface area (TPSA) is 52.6 Å². The Balaban J connectivity index is 3.00. The van der Waals surface area contributed by atoms with Gasteiger partial charge in [0.05, 0.1) is 13.2 Å². The van der Waals surface area contributed by atoms with E-state index in [1.54, 1.807) is 20.8 Å². The van der Waals surface area contributed by atoms with Gasteiger partial charge in [-0.05, 0) is 44.9 Å². The number of esters is 2. The maximum atomic E-state index is 12.1. The Morgan fingerprint density at radius 1 is 1.05 bits per heavy atom. The van der Waals surface area contributed by atoms with Crippen LogP contribution in [0.3, 0.4) is 0 Å². The van der Waals surface area contributed by atoms with Crippen molar-refractivity contribution < 1.29 is 19.1 Å². The lowest BCUT2D eigenvalue weighted by molar-refractivity contribution is -0.170. The van der Waals surface area contributed by atoms with Gasteiger partial charge in [0.1, 0.15) is 0 Å². The van der Waals surface area contributed by atoms with Crippen LogP contribution in [0.15, 0.2) is 28.7 Å². The molecule has 0 radical (unpaired) electrons. The minimum Gasteiger partial charge on any atom is -0.465 e. The van der Waals surface area contributed by atoms with E-state index in [0.717, 1.165) is 10.0 Å². The van der Waals surface area contributed by atoms with Crippen molar-refractivity contribution in [3.05, 3.63) is 34.3 Å². The Morgan fingerprint density at radius 2 is 1.50 bits per heavy atom. The highest BCUT2D eigenvalue weighted by Gasteiger charge is 2.44. The third kappa shape index (κ3) is 4.07. The van der Waals surface area contributed by atoms with Crippen LogP contribution in [0.5, 0.6) is 0 Å². The molecule has 0 spiro atoms. The van der Waals surface area contributed by atoms with E-state index in [-0.39, 0.29) is 19.6 Å². The first kappa shape index (κ1) is 16.7. The summed E-state index contributed by atoms with van der Waals surface area (Å²) in [6.07, 6.45) is 0.248. The summed E-state index contributed by atoms with van der Waals surface area (Å²) in [6.45, 7) is 5.44. The van der Waals surface area contributed by atoms with E-state index in [1.807, 2.05) is 24.3 Å².